The fourth-order valence-electron chi connectivity index (χ4n) is 7.23. The number of rotatable bonds is 47. The maximum absolute atomic E-state index is 12.7. The number of carbonyl (C=O) groups excluding carboxylic acids is 3. The van der Waals surface area contributed by atoms with Gasteiger partial charge in [0.2, 0.25) is 0 Å². The van der Waals surface area contributed by atoms with Gasteiger partial charge in [-0.2, -0.15) is 0 Å². The number of hydrogen-bond acceptors (Lipinski definition) is 6. The third kappa shape index (κ3) is 49.7. The van der Waals surface area contributed by atoms with Gasteiger partial charge in [-0.25, -0.2) is 0 Å². The number of esters is 3. The molecule has 0 aromatic carbocycles. The van der Waals surface area contributed by atoms with E-state index < -0.39 is 6.10 Å². The van der Waals surface area contributed by atoms with E-state index in [1.807, 2.05) is 0 Å². The Bertz CT molecular complexity index is 1190. The predicted octanol–water partition coefficient (Wildman–Crippen LogP) is 17.4. The van der Waals surface area contributed by atoms with Crippen molar-refractivity contribution in [2.45, 2.75) is 258 Å². The fraction of sp³-hybridized carbons (Fsp3) is 0.737. The minimum Gasteiger partial charge on any atom is -0.462 e. The molecule has 0 N–H and O–H groups in total. The van der Waals surface area contributed by atoms with Crippen molar-refractivity contribution < 1.29 is 28.6 Å². The van der Waals surface area contributed by atoms with Crippen LogP contribution in [0.5, 0.6) is 0 Å². The Morgan fingerprint density at radius 2 is 0.619 bits per heavy atom. The van der Waals surface area contributed by atoms with Crippen molar-refractivity contribution in [3.8, 4) is 0 Å². The number of allylic oxidation sites excluding steroid dienone is 12. The third-order valence-electron chi connectivity index (χ3n) is 11.2. The fourth-order valence-corrected chi connectivity index (χ4v) is 7.23. The summed E-state index contributed by atoms with van der Waals surface area (Å²) in [5.41, 5.74) is 0. The van der Waals surface area contributed by atoms with E-state index in [1.165, 1.54) is 109 Å². The summed E-state index contributed by atoms with van der Waals surface area (Å²) in [6.07, 6.45) is 64.7. The second kappa shape index (κ2) is 51.5. The smallest absolute Gasteiger partial charge is 0.306 e. The summed E-state index contributed by atoms with van der Waals surface area (Å²) < 4.78 is 16.7. The monoisotopic (exact) mass is 879 g/mol. The molecular weight excluding hydrogens is 781 g/mol. The van der Waals surface area contributed by atoms with Crippen LogP contribution in [0.4, 0.5) is 0 Å². The van der Waals surface area contributed by atoms with Gasteiger partial charge in [-0.3, -0.25) is 14.4 Å². The van der Waals surface area contributed by atoms with Crippen molar-refractivity contribution in [1.29, 1.82) is 0 Å². The van der Waals surface area contributed by atoms with Gasteiger partial charge in [-0.15, -0.1) is 0 Å². The molecule has 0 aliphatic rings. The van der Waals surface area contributed by atoms with Crippen LogP contribution in [0.25, 0.3) is 0 Å². The van der Waals surface area contributed by atoms with Gasteiger partial charge in [-0.05, 0) is 89.9 Å². The minimum absolute atomic E-state index is 0.0888. The number of carbonyl (C=O) groups is 3. The van der Waals surface area contributed by atoms with Crippen LogP contribution in [0.2, 0.25) is 0 Å². The van der Waals surface area contributed by atoms with Crippen LogP contribution in [0, 0.1) is 0 Å². The van der Waals surface area contributed by atoms with Gasteiger partial charge in [0.05, 0.1) is 0 Å². The quantitative estimate of drug-likeness (QED) is 0.0262. The molecule has 0 rings (SSSR count). The lowest BCUT2D eigenvalue weighted by Crippen LogP contribution is -2.30. The van der Waals surface area contributed by atoms with Crippen molar-refractivity contribution in [3.05, 3.63) is 72.9 Å². The van der Waals surface area contributed by atoms with Crippen LogP contribution < -0.4 is 0 Å². The van der Waals surface area contributed by atoms with Gasteiger partial charge >= 0.3 is 17.9 Å². The Labute approximate surface area is 389 Å². The molecule has 1 unspecified atom stereocenters. The van der Waals surface area contributed by atoms with Gasteiger partial charge in [0.1, 0.15) is 13.2 Å². The van der Waals surface area contributed by atoms with Gasteiger partial charge in [0, 0.05) is 19.3 Å². The highest BCUT2D eigenvalue weighted by molar-refractivity contribution is 5.71. The number of hydrogen-bond donors (Lipinski definition) is 0. The van der Waals surface area contributed by atoms with Gasteiger partial charge < -0.3 is 14.2 Å². The molecule has 0 aromatic heterocycles. The van der Waals surface area contributed by atoms with E-state index in [9.17, 15) is 14.4 Å². The van der Waals surface area contributed by atoms with Crippen LogP contribution >= 0.6 is 0 Å². The Balaban J connectivity index is 4.29. The lowest BCUT2D eigenvalue weighted by atomic mass is 10.1. The Morgan fingerprint density at radius 3 is 0.984 bits per heavy atom. The first-order valence-corrected chi connectivity index (χ1v) is 26.4. The maximum atomic E-state index is 12.7. The van der Waals surface area contributed by atoms with Gasteiger partial charge in [0.25, 0.3) is 0 Å². The molecule has 0 saturated heterocycles. The average Bonchev–Trinajstić information content (AvgIpc) is 3.28. The molecule has 1 atom stereocenters. The second-order valence-corrected chi connectivity index (χ2v) is 17.4. The standard InChI is InChI=1S/C57H98O6/c1-4-7-10-13-16-19-21-23-24-25-26-27-28-29-30-31-32-34-35-38-41-44-47-50-56(59)62-53-54(52-61-55(58)49-46-43-40-37-18-15-12-9-6-3)63-57(60)51-48-45-42-39-36-33-22-20-17-14-11-8-5-2/h8,11,17,20-21,23,25-26,28-29,33,36,54H,4-7,9-10,12-16,18-19,22,24,27,30-32,34-35,37-53H2,1-3H3/b11-8-,20-17-,23-21-,26-25-,29-28-,36-33-. The highest BCUT2D eigenvalue weighted by Crippen LogP contribution is 2.14. The van der Waals surface area contributed by atoms with Crippen molar-refractivity contribution in [2.24, 2.45) is 0 Å². The Hall–Kier alpha value is -3.15. The van der Waals surface area contributed by atoms with E-state index in [-0.39, 0.29) is 31.1 Å². The number of ether oxygens (including phenoxy) is 3. The molecule has 6 heteroatoms. The minimum atomic E-state index is -0.790. The summed E-state index contributed by atoms with van der Waals surface area (Å²) in [5, 5.41) is 0. The summed E-state index contributed by atoms with van der Waals surface area (Å²) in [5.74, 6) is -0.927. The highest BCUT2D eigenvalue weighted by atomic mass is 16.6. The summed E-state index contributed by atoms with van der Waals surface area (Å²) in [6.45, 7) is 6.46. The van der Waals surface area contributed by atoms with Gasteiger partial charge in [0.15, 0.2) is 6.10 Å². The van der Waals surface area contributed by atoms with Crippen molar-refractivity contribution >= 4 is 17.9 Å². The SMILES string of the molecule is CC/C=C\C/C=C\C/C=C\CCCCCC(=O)OC(COC(=O)CCCCCCCCCCC)COC(=O)CCCCCCCCCC/C=C\C/C=C\C/C=C\CCCCCCC. The van der Waals surface area contributed by atoms with E-state index >= 15 is 0 Å². The Kier molecular flexibility index (Phi) is 48.9. The zero-order chi connectivity index (χ0) is 45.8. The maximum Gasteiger partial charge on any atom is 0.306 e. The molecule has 0 saturated carbocycles. The zero-order valence-corrected chi connectivity index (χ0v) is 41.3. The molecule has 0 bridgehead atoms. The first-order chi connectivity index (χ1) is 31.0. The van der Waals surface area contributed by atoms with Crippen LogP contribution in [0.1, 0.15) is 252 Å². The molecule has 0 spiro atoms. The third-order valence-corrected chi connectivity index (χ3v) is 11.2. The van der Waals surface area contributed by atoms with Crippen LogP contribution in [0.15, 0.2) is 72.9 Å². The van der Waals surface area contributed by atoms with E-state index in [0.29, 0.717) is 19.3 Å². The van der Waals surface area contributed by atoms with Gasteiger partial charge in [-0.1, -0.05) is 216 Å². The molecule has 0 fully saturated rings. The second-order valence-electron chi connectivity index (χ2n) is 17.4. The average molecular weight is 879 g/mol. The molecule has 362 valence electrons. The molecule has 0 radical (unpaired) electrons. The van der Waals surface area contributed by atoms with Crippen molar-refractivity contribution in [1.82, 2.24) is 0 Å². The molecule has 0 aliphatic heterocycles. The zero-order valence-electron chi connectivity index (χ0n) is 41.3. The van der Waals surface area contributed by atoms with Crippen LogP contribution in [-0.2, 0) is 28.6 Å². The first kappa shape index (κ1) is 59.9. The molecule has 0 amide bonds. The molecular formula is C57H98O6. The molecule has 0 aliphatic carbocycles. The van der Waals surface area contributed by atoms with E-state index in [2.05, 4.69) is 93.7 Å². The Morgan fingerprint density at radius 1 is 0.333 bits per heavy atom. The van der Waals surface area contributed by atoms with Crippen molar-refractivity contribution in [3.63, 3.8) is 0 Å². The lowest BCUT2D eigenvalue weighted by molar-refractivity contribution is -0.167. The first-order valence-electron chi connectivity index (χ1n) is 26.4. The molecule has 0 aromatic rings. The van der Waals surface area contributed by atoms with Crippen LogP contribution in [-0.4, -0.2) is 37.2 Å². The molecule has 0 heterocycles. The summed E-state index contributed by atoms with van der Waals surface area (Å²) in [4.78, 5) is 37.9. The van der Waals surface area contributed by atoms with Crippen molar-refractivity contribution in [2.75, 3.05) is 13.2 Å². The summed E-state index contributed by atoms with van der Waals surface area (Å²) in [7, 11) is 0. The molecule has 6 nitrogen and oxygen atoms in total. The normalized spacial score (nSPS) is 12.6. The summed E-state index contributed by atoms with van der Waals surface area (Å²) in [6, 6.07) is 0. The predicted molar refractivity (Wildman–Crippen MR) is 270 cm³/mol. The van der Waals surface area contributed by atoms with E-state index in [0.717, 1.165) is 103 Å². The largest absolute Gasteiger partial charge is 0.462 e. The number of unbranched alkanes of at least 4 members (excludes halogenated alkanes) is 24. The summed E-state index contributed by atoms with van der Waals surface area (Å²) >= 11 is 0. The van der Waals surface area contributed by atoms with E-state index in [1.54, 1.807) is 0 Å². The topological polar surface area (TPSA) is 78.9 Å². The molecule has 63 heavy (non-hydrogen) atoms. The lowest BCUT2D eigenvalue weighted by Gasteiger charge is -2.18. The van der Waals surface area contributed by atoms with E-state index in [4.69, 9.17) is 14.2 Å². The van der Waals surface area contributed by atoms with Crippen LogP contribution in [0.3, 0.4) is 0 Å². The highest BCUT2D eigenvalue weighted by Gasteiger charge is 2.19.